The molecule has 0 unspecified atom stereocenters. The SMILES string of the molecule is Cc1ccoc1C(=O)N1CCCC[C@H]1[C@H](C)O. The third-order valence-corrected chi connectivity index (χ3v) is 3.42. The molecule has 0 aliphatic carbocycles. The summed E-state index contributed by atoms with van der Waals surface area (Å²) < 4.78 is 5.23. The van der Waals surface area contributed by atoms with E-state index in [4.69, 9.17) is 4.42 Å². The van der Waals surface area contributed by atoms with Gasteiger partial charge in [0.2, 0.25) is 0 Å². The first-order valence-corrected chi connectivity index (χ1v) is 6.14. The van der Waals surface area contributed by atoms with E-state index in [0.717, 1.165) is 24.8 Å². The summed E-state index contributed by atoms with van der Waals surface area (Å²) in [7, 11) is 0. The third-order valence-electron chi connectivity index (χ3n) is 3.42. The van der Waals surface area contributed by atoms with Crippen LogP contribution < -0.4 is 0 Å². The predicted octanol–water partition coefficient (Wildman–Crippen LogP) is 1.96. The first-order valence-electron chi connectivity index (χ1n) is 6.14. The molecule has 4 nitrogen and oxygen atoms in total. The van der Waals surface area contributed by atoms with Crippen molar-refractivity contribution in [2.75, 3.05) is 6.54 Å². The maximum Gasteiger partial charge on any atom is 0.290 e. The molecule has 1 amide bonds. The Kier molecular flexibility index (Phi) is 3.52. The summed E-state index contributed by atoms with van der Waals surface area (Å²) in [5.74, 6) is 0.302. The molecule has 2 atom stereocenters. The quantitative estimate of drug-likeness (QED) is 0.855. The molecule has 0 radical (unpaired) electrons. The van der Waals surface area contributed by atoms with Gasteiger partial charge in [-0.2, -0.15) is 0 Å². The van der Waals surface area contributed by atoms with Gasteiger partial charge in [-0.3, -0.25) is 4.79 Å². The lowest BCUT2D eigenvalue weighted by Gasteiger charge is -2.37. The number of aliphatic hydroxyl groups excluding tert-OH is 1. The second kappa shape index (κ2) is 4.92. The summed E-state index contributed by atoms with van der Waals surface area (Å²) >= 11 is 0. The van der Waals surface area contributed by atoms with Crippen molar-refractivity contribution in [3.05, 3.63) is 23.7 Å². The Bertz CT molecular complexity index is 397. The zero-order valence-corrected chi connectivity index (χ0v) is 10.3. The van der Waals surface area contributed by atoms with Gasteiger partial charge in [0.15, 0.2) is 5.76 Å². The van der Waals surface area contributed by atoms with E-state index in [0.29, 0.717) is 12.3 Å². The Morgan fingerprint density at radius 2 is 2.35 bits per heavy atom. The first kappa shape index (κ1) is 12.2. The molecule has 1 aliphatic rings. The number of amides is 1. The predicted molar refractivity (Wildman–Crippen MR) is 63.8 cm³/mol. The summed E-state index contributed by atoms with van der Waals surface area (Å²) in [6, 6.07) is 1.70. The normalized spacial score (nSPS) is 22.5. The third kappa shape index (κ3) is 2.36. The van der Waals surface area contributed by atoms with E-state index >= 15 is 0 Å². The first-order chi connectivity index (χ1) is 8.11. The smallest absolute Gasteiger partial charge is 0.290 e. The molecule has 1 saturated heterocycles. The molecule has 0 aromatic carbocycles. The van der Waals surface area contributed by atoms with Crippen LogP contribution in [0.1, 0.15) is 42.3 Å². The molecule has 0 saturated carbocycles. The second-order valence-electron chi connectivity index (χ2n) is 4.74. The van der Waals surface area contributed by atoms with Crippen LogP contribution in [0.5, 0.6) is 0 Å². The number of likely N-dealkylation sites (tertiary alicyclic amines) is 1. The highest BCUT2D eigenvalue weighted by Crippen LogP contribution is 2.23. The standard InChI is InChI=1S/C13H19NO3/c1-9-6-8-17-12(9)13(16)14-7-4-3-5-11(14)10(2)15/h6,8,10-11,15H,3-5,7H2,1-2H3/t10-,11-/m0/s1. The number of carbonyl (C=O) groups is 1. The molecule has 2 rings (SSSR count). The van der Waals surface area contributed by atoms with Gasteiger partial charge in [0, 0.05) is 12.1 Å². The highest BCUT2D eigenvalue weighted by molar-refractivity contribution is 5.93. The van der Waals surface area contributed by atoms with Crippen molar-refractivity contribution in [2.24, 2.45) is 0 Å². The molecule has 1 N–H and O–H groups in total. The highest BCUT2D eigenvalue weighted by Gasteiger charge is 2.32. The average Bonchev–Trinajstić information content (AvgIpc) is 2.74. The topological polar surface area (TPSA) is 53.7 Å². The van der Waals surface area contributed by atoms with Crippen LogP contribution in [0.2, 0.25) is 0 Å². The van der Waals surface area contributed by atoms with Crippen LogP contribution in [0.25, 0.3) is 0 Å². The molecule has 1 aromatic heterocycles. The van der Waals surface area contributed by atoms with Gasteiger partial charge in [-0.25, -0.2) is 0 Å². The molecule has 1 aliphatic heterocycles. The number of nitrogens with zero attached hydrogens (tertiary/aromatic N) is 1. The van der Waals surface area contributed by atoms with Crippen LogP contribution >= 0.6 is 0 Å². The number of aliphatic hydroxyl groups is 1. The van der Waals surface area contributed by atoms with E-state index in [-0.39, 0.29) is 11.9 Å². The number of carbonyl (C=O) groups excluding carboxylic acids is 1. The van der Waals surface area contributed by atoms with E-state index in [1.165, 1.54) is 6.26 Å². The number of piperidine rings is 1. The lowest BCUT2D eigenvalue weighted by atomic mass is 9.97. The van der Waals surface area contributed by atoms with E-state index in [1.807, 2.05) is 6.92 Å². The van der Waals surface area contributed by atoms with E-state index in [2.05, 4.69) is 0 Å². The van der Waals surface area contributed by atoms with Crippen molar-refractivity contribution in [3.63, 3.8) is 0 Å². The van der Waals surface area contributed by atoms with Crippen molar-refractivity contribution < 1.29 is 14.3 Å². The molecule has 0 bridgehead atoms. The Labute approximate surface area is 101 Å². The van der Waals surface area contributed by atoms with Crippen molar-refractivity contribution in [1.29, 1.82) is 0 Å². The molecule has 4 heteroatoms. The van der Waals surface area contributed by atoms with Crippen molar-refractivity contribution in [1.82, 2.24) is 4.90 Å². The minimum atomic E-state index is -0.491. The van der Waals surface area contributed by atoms with Crippen LogP contribution in [0.15, 0.2) is 16.7 Å². The Hall–Kier alpha value is -1.29. The molecule has 2 heterocycles. The van der Waals surface area contributed by atoms with Crippen LogP contribution in [-0.2, 0) is 0 Å². The maximum absolute atomic E-state index is 12.3. The number of aryl methyl sites for hydroxylation is 1. The molecule has 1 aromatic rings. The van der Waals surface area contributed by atoms with E-state index in [1.54, 1.807) is 17.9 Å². The van der Waals surface area contributed by atoms with E-state index in [9.17, 15) is 9.90 Å². The molecule has 94 valence electrons. The lowest BCUT2D eigenvalue weighted by Crippen LogP contribution is -2.48. The van der Waals surface area contributed by atoms with Gasteiger partial charge in [0.25, 0.3) is 5.91 Å². The average molecular weight is 237 g/mol. The zero-order chi connectivity index (χ0) is 12.4. The number of hydrogen-bond donors (Lipinski definition) is 1. The fourth-order valence-electron chi connectivity index (χ4n) is 2.43. The number of hydrogen-bond acceptors (Lipinski definition) is 3. The lowest BCUT2D eigenvalue weighted by molar-refractivity contribution is 0.0257. The molecular formula is C13H19NO3. The second-order valence-corrected chi connectivity index (χ2v) is 4.74. The molecule has 17 heavy (non-hydrogen) atoms. The molecular weight excluding hydrogens is 218 g/mol. The Balaban J connectivity index is 2.20. The summed E-state index contributed by atoms with van der Waals surface area (Å²) in [5.41, 5.74) is 0.852. The van der Waals surface area contributed by atoms with Gasteiger partial charge < -0.3 is 14.4 Å². The van der Waals surface area contributed by atoms with Gasteiger partial charge >= 0.3 is 0 Å². The summed E-state index contributed by atoms with van der Waals surface area (Å²) in [5, 5.41) is 9.74. The zero-order valence-electron chi connectivity index (χ0n) is 10.3. The number of furan rings is 1. The van der Waals surface area contributed by atoms with Crippen molar-refractivity contribution in [2.45, 2.75) is 45.3 Å². The largest absolute Gasteiger partial charge is 0.459 e. The summed E-state index contributed by atoms with van der Waals surface area (Å²) in [6.45, 7) is 4.30. The Morgan fingerprint density at radius 1 is 1.59 bits per heavy atom. The highest BCUT2D eigenvalue weighted by atomic mass is 16.3. The van der Waals surface area contributed by atoms with Crippen LogP contribution in [-0.4, -0.2) is 34.6 Å². The van der Waals surface area contributed by atoms with Crippen LogP contribution in [0.4, 0.5) is 0 Å². The summed E-state index contributed by atoms with van der Waals surface area (Å²) in [6.07, 6.45) is 3.97. The van der Waals surface area contributed by atoms with E-state index < -0.39 is 6.10 Å². The molecule has 0 spiro atoms. The number of rotatable bonds is 2. The van der Waals surface area contributed by atoms with Crippen LogP contribution in [0, 0.1) is 6.92 Å². The van der Waals surface area contributed by atoms with Gasteiger partial charge in [0.05, 0.1) is 18.4 Å². The van der Waals surface area contributed by atoms with Gasteiger partial charge in [0.1, 0.15) is 0 Å². The van der Waals surface area contributed by atoms with Crippen molar-refractivity contribution in [3.8, 4) is 0 Å². The Morgan fingerprint density at radius 3 is 2.94 bits per heavy atom. The monoisotopic (exact) mass is 237 g/mol. The minimum Gasteiger partial charge on any atom is -0.459 e. The maximum atomic E-state index is 12.3. The summed E-state index contributed by atoms with van der Waals surface area (Å²) in [4.78, 5) is 14.1. The molecule has 1 fully saturated rings. The van der Waals surface area contributed by atoms with Gasteiger partial charge in [-0.15, -0.1) is 0 Å². The van der Waals surface area contributed by atoms with Crippen LogP contribution in [0.3, 0.4) is 0 Å². The van der Waals surface area contributed by atoms with Crippen molar-refractivity contribution >= 4 is 5.91 Å². The van der Waals surface area contributed by atoms with Gasteiger partial charge in [-0.05, 0) is 39.2 Å². The fraction of sp³-hybridized carbons (Fsp3) is 0.615. The fourth-order valence-corrected chi connectivity index (χ4v) is 2.43. The minimum absolute atomic E-state index is 0.0826. The van der Waals surface area contributed by atoms with Gasteiger partial charge in [-0.1, -0.05) is 0 Å².